The predicted molar refractivity (Wildman–Crippen MR) is 71.1 cm³/mol. The number of rotatable bonds is 2. The van der Waals surface area contributed by atoms with Gasteiger partial charge in [0.2, 0.25) is 0 Å². The minimum absolute atomic E-state index is 0.0292. The first-order valence-corrected chi connectivity index (χ1v) is 6.61. The predicted octanol–water partition coefficient (Wildman–Crippen LogP) is 0.867. The van der Waals surface area contributed by atoms with E-state index in [2.05, 4.69) is 4.98 Å². The maximum atomic E-state index is 12.6. The Morgan fingerprint density at radius 1 is 1.58 bits per heavy atom. The highest BCUT2D eigenvalue weighted by molar-refractivity contribution is 5.38. The van der Waals surface area contributed by atoms with E-state index in [1.54, 1.807) is 15.2 Å². The molecule has 1 fully saturated rings. The van der Waals surface area contributed by atoms with Crippen molar-refractivity contribution >= 4 is 5.65 Å². The first kappa shape index (κ1) is 12.4. The standard InChI is InChI=1S/C13H18N4O2/c1-9(14)12-15-11-5-2-6-16(11)13(18)17(12)10-4-3-7-19-8-10/h2,5-6,9-10H,3-4,7-8,14H2,1H3/t9-,10?/m0/s1. The molecule has 2 atom stereocenters. The highest BCUT2D eigenvalue weighted by Crippen LogP contribution is 2.21. The number of aromatic nitrogens is 3. The van der Waals surface area contributed by atoms with Crippen molar-refractivity contribution in [3.05, 3.63) is 34.6 Å². The zero-order chi connectivity index (χ0) is 13.4. The Balaban J connectivity index is 2.21. The molecule has 6 nitrogen and oxygen atoms in total. The molecule has 2 aromatic rings. The normalized spacial score (nSPS) is 21.7. The van der Waals surface area contributed by atoms with Gasteiger partial charge in [-0.05, 0) is 31.9 Å². The molecule has 2 N–H and O–H groups in total. The fourth-order valence-corrected chi connectivity index (χ4v) is 2.60. The Morgan fingerprint density at radius 2 is 2.42 bits per heavy atom. The first-order chi connectivity index (χ1) is 9.18. The van der Waals surface area contributed by atoms with Crippen molar-refractivity contribution in [2.45, 2.75) is 31.8 Å². The lowest BCUT2D eigenvalue weighted by molar-refractivity contribution is 0.0555. The van der Waals surface area contributed by atoms with Crippen molar-refractivity contribution in [3.63, 3.8) is 0 Å². The van der Waals surface area contributed by atoms with Crippen molar-refractivity contribution in [1.29, 1.82) is 0 Å². The van der Waals surface area contributed by atoms with Crippen LogP contribution in [0.2, 0.25) is 0 Å². The molecule has 1 saturated heterocycles. The molecule has 1 aliphatic rings. The Morgan fingerprint density at radius 3 is 3.11 bits per heavy atom. The topological polar surface area (TPSA) is 74.5 Å². The Hall–Kier alpha value is -1.66. The van der Waals surface area contributed by atoms with Gasteiger partial charge in [-0.1, -0.05) is 0 Å². The molecular weight excluding hydrogens is 244 g/mol. The van der Waals surface area contributed by atoms with Crippen molar-refractivity contribution in [2.24, 2.45) is 5.73 Å². The summed E-state index contributed by atoms with van der Waals surface area (Å²) in [5, 5.41) is 0. The number of nitrogens with two attached hydrogens (primary N) is 1. The summed E-state index contributed by atoms with van der Waals surface area (Å²) in [7, 11) is 0. The second kappa shape index (κ2) is 4.79. The van der Waals surface area contributed by atoms with Crippen LogP contribution in [0.3, 0.4) is 0 Å². The van der Waals surface area contributed by atoms with Crippen LogP contribution in [0.25, 0.3) is 5.65 Å². The van der Waals surface area contributed by atoms with Crippen LogP contribution in [-0.2, 0) is 4.74 Å². The summed E-state index contributed by atoms with van der Waals surface area (Å²) in [6, 6.07) is 3.38. The van der Waals surface area contributed by atoms with E-state index < -0.39 is 0 Å². The van der Waals surface area contributed by atoms with E-state index in [1.165, 1.54) is 0 Å². The molecule has 0 saturated carbocycles. The third-order valence-electron chi connectivity index (χ3n) is 3.52. The molecular formula is C13H18N4O2. The van der Waals surface area contributed by atoms with Gasteiger partial charge in [0.25, 0.3) is 0 Å². The van der Waals surface area contributed by atoms with Crippen LogP contribution < -0.4 is 11.4 Å². The van der Waals surface area contributed by atoms with Crippen LogP contribution >= 0.6 is 0 Å². The van der Waals surface area contributed by atoms with Gasteiger partial charge in [0, 0.05) is 12.8 Å². The van der Waals surface area contributed by atoms with Gasteiger partial charge in [0.05, 0.1) is 18.7 Å². The van der Waals surface area contributed by atoms with Crippen molar-refractivity contribution in [1.82, 2.24) is 14.0 Å². The second-order valence-corrected chi connectivity index (χ2v) is 5.02. The van der Waals surface area contributed by atoms with Gasteiger partial charge < -0.3 is 10.5 Å². The van der Waals surface area contributed by atoms with E-state index in [0.717, 1.165) is 19.4 Å². The lowest BCUT2D eigenvalue weighted by Gasteiger charge is -2.27. The molecule has 102 valence electrons. The minimum atomic E-state index is -0.283. The molecule has 0 aromatic carbocycles. The molecule has 2 aromatic heterocycles. The van der Waals surface area contributed by atoms with E-state index in [9.17, 15) is 4.79 Å². The summed E-state index contributed by atoms with van der Waals surface area (Å²) in [5.41, 5.74) is 6.54. The number of fused-ring (bicyclic) bond motifs is 1. The molecule has 0 bridgehead atoms. The highest BCUT2D eigenvalue weighted by Gasteiger charge is 2.23. The van der Waals surface area contributed by atoms with Gasteiger partial charge in [-0.15, -0.1) is 0 Å². The molecule has 0 radical (unpaired) electrons. The number of nitrogens with zero attached hydrogens (tertiary/aromatic N) is 3. The van der Waals surface area contributed by atoms with Gasteiger partial charge >= 0.3 is 5.69 Å². The van der Waals surface area contributed by atoms with Crippen LogP contribution in [0.15, 0.2) is 23.1 Å². The summed E-state index contributed by atoms with van der Waals surface area (Å²) >= 11 is 0. The van der Waals surface area contributed by atoms with Gasteiger partial charge in [-0.3, -0.25) is 8.97 Å². The molecule has 19 heavy (non-hydrogen) atoms. The Bertz CT molecular complexity index is 638. The first-order valence-electron chi connectivity index (χ1n) is 6.61. The number of hydrogen-bond donors (Lipinski definition) is 1. The van der Waals surface area contributed by atoms with Crippen LogP contribution in [0, 0.1) is 0 Å². The lowest BCUT2D eigenvalue weighted by Crippen LogP contribution is -2.38. The fourth-order valence-electron chi connectivity index (χ4n) is 2.60. The maximum Gasteiger partial charge on any atom is 0.335 e. The third-order valence-corrected chi connectivity index (χ3v) is 3.52. The summed E-state index contributed by atoms with van der Waals surface area (Å²) in [6.07, 6.45) is 3.61. The molecule has 0 aliphatic carbocycles. The Kier molecular flexibility index (Phi) is 3.12. The molecule has 1 unspecified atom stereocenters. The SMILES string of the molecule is C[C@H](N)c1nc2cccn2c(=O)n1C1CCCOC1. The van der Waals surface area contributed by atoms with E-state index in [0.29, 0.717) is 18.1 Å². The minimum Gasteiger partial charge on any atom is -0.379 e. The van der Waals surface area contributed by atoms with Crippen LogP contribution in [0.4, 0.5) is 0 Å². The van der Waals surface area contributed by atoms with Crippen molar-refractivity contribution in [2.75, 3.05) is 13.2 Å². The average molecular weight is 262 g/mol. The van der Waals surface area contributed by atoms with E-state index in [1.807, 2.05) is 19.1 Å². The quantitative estimate of drug-likeness (QED) is 0.871. The summed E-state index contributed by atoms with van der Waals surface area (Å²) in [6.45, 7) is 3.16. The summed E-state index contributed by atoms with van der Waals surface area (Å²) in [4.78, 5) is 17.1. The smallest absolute Gasteiger partial charge is 0.335 e. The summed E-state index contributed by atoms with van der Waals surface area (Å²) < 4.78 is 8.74. The summed E-state index contributed by atoms with van der Waals surface area (Å²) in [5.74, 6) is 0.631. The van der Waals surface area contributed by atoms with E-state index in [4.69, 9.17) is 10.5 Å². The monoisotopic (exact) mass is 262 g/mol. The van der Waals surface area contributed by atoms with Crippen LogP contribution in [-0.4, -0.2) is 27.2 Å². The molecule has 0 spiro atoms. The molecule has 6 heteroatoms. The van der Waals surface area contributed by atoms with Gasteiger partial charge in [-0.25, -0.2) is 9.78 Å². The van der Waals surface area contributed by atoms with Crippen molar-refractivity contribution < 1.29 is 4.74 Å². The zero-order valence-electron chi connectivity index (χ0n) is 11.0. The maximum absolute atomic E-state index is 12.6. The third kappa shape index (κ3) is 2.06. The van der Waals surface area contributed by atoms with Crippen LogP contribution in [0.5, 0.6) is 0 Å². The molecule has 3 heterocycles. The fraction of sp³-hybridized carbons (Fsp3) is 0.538. The number of ether oxygens (including phenoxy) is 1. The number of hydrogen-bond acceptors (Lipinski definition) is 4. The molecule has 3 rings (SSSR count). The van der Waals surface area contributed by atoms with Crippen LogP contribution in [0.1, 0.15) is 37.7 Å². The second-order valence-electron chi connectivity index (χ2n) is 5.02. The van der Waals surface area contributed by atoms with Gasteiger partial charge in [0.15, 0.2) is 0 Å². The van der Waals surface area contributed by atoms with E-state index in [-0.39, 0.29) is 17.8 Å². The Labute approximate surface area is 110 Å². The van der Waals surface area contributed by atoms with Gasteiger partial charge in [-0.2, -0.15) is 0 Å². The molecule has 0 amide bonds. The largest absolute Gasteiger partial charge is 0.379 e. The van der Waals surface area contributed by atoms with E-state index >= 15 is 0 Å². The van der Waals surface area contributed by atoms with Crippen molar-refractivity contribution in [3.8, 4) is 0 Å². The molecule has 1 aliphatic heterocycles. The lowest BCUT2D eigenvalue weighted by atomic mass is 10.1. The van der Waals surface area contributed by atoms with Gasteiger partial charge in [0.1, 0.15) is 11.5 Å². The highest BCUT2D eigenvalue weighted by atomic mass is 16.5. The average Bonchev–Trinajstić information content (AvgIpc) is 2.88. The zero-order valence-corrected chi connectivity index (χ0v) is 11.0.